The maximum atomic E-state index is 5.89. The van der Waals surface area contributed by atoms with Crippen LogP contribution in [-0.2, 0) is 6.54 Å². The van der Waals surface area contributed by atoms with Crippen LogP contribution in [0.3, 0.4) is 0 Å². The van der Waals surface area contributed by atoms with Crippen LogP contribution in [-0.4, -0.2) is 28.2 Å². The van der Waals surface area contributed by atoms with E-state index in [0.29, 0.717) is 11.8 Å². The Kier molecular flexibility index (Phi) is 3.93. The van der Waals surface area contributed by atoms with Gasteiger partial charge < -0.3 is 4.42 Å². The topological polar surface area (TPSA) is 42.2 Å². The first kappa shape index (κ1) is 14.9. The summed E-state index contributed by atoms with van der Waals surface area (Å²) in [5.41, 5.74) is 4.19. The van der Waals surface area contributed by atoms with Gasteiger partial charge in [0.15, 0.2) is 0 Å². The summed E-state index contributed by atoms with van der Waals surface area (Å²) in [7, 11) is 0. The van der Waals surface area contributed by atoms with Gasteiger partial charge in [0.05, 0.1) is 0 Å². The van der Waals surface area contributed by atoms with Crippen molar-refractivity contribution in [1.82, 2.24) is 15.1 Å². The SMILES string of the molecule is Cc1ccc(C)c(CN2CCC(c3nnc(C4CC4)o3)CC2)c1. The molecule has 2 aliphatic rings. The molecular weight excluding hydrogens is 286 g/mol. The molecule has 0 radical (unpaired) electrons. The number of hydrogen-bond donors (Lipinski definition) is 0. The summed E-state index contributed by atoms with van der Waals surface area (Å²) in [6.45, 7) is 7.65. The molecule has 4 nitrogen and oxygen atoms in total. The second-order valence-corrected chi connectivity index (χ2v) is 7.23. The third-order valence-electron chi connectivity index (χ3n) is 5.22. The molecule has 1 aliphatic carbocycles. The van der Waals surface area contributed by atoms with Crippen molar-refractivity contribution in [3.63, 3.8) is 0 Å². The molecule has 4 heteroatoms. The fourth-order valence-corrected chi connectivity index (χ4v) is 3.46. The van der Waals surface area contributed by atoms with Crippen LogP contribution in [0.25, 0.3) is 0 Å². The first-order chi connectivity index (χ1) is 11.2. The Morgan fingerprint density at radius 2 is 1.65 bits per heavy atom. The summed E-state index contributed by atoms with van der Waals surface area (Å²) in [6.07, 6.45) is 4.68. The standard InChI is InChI=1S/C19H25N3O/c1-13-3-4-14(2)17(11-13)12-22-9-7-16(8-10-22)19-21-20-18(23-19)15-5-6-15/h3-4,11,15-16H,5-10,12H2,1-2H3. The maximum absolute atomic E-state index is 5.89. The van der Waals surface area contributed by atoms with E-state index in [4.69, 9.17) is 4.42 Å². The molecule has 0 atom stereocenters. The van der Waals surface area contributed by atoms with Crippen LogP contribution < -0.4 is 0 Å². The molecule has 23 heavy (non-hydrogen) atoms. The summed E-state index contributed by atoms with van der Waals surface area (Å²) in [5.74, 6) is 2.75. The zero-order valence-corrected chi connectivity index (χ0v) is 14.1. The van der Waals surface area contributed by atoms with E-state index in [0.717, 1.165) is 44.3 Å². The normalized spacial score (nSPS) is 20.1. The predicted octanol–water partition coefficient (Wildman–Crippen LogP) is 3.94. The molecule has 2 aromatic rings. The molecule has 0 amide bonds. The van der Waals surface area contributed by atoms with Gasteiger partial charge in [-0.3, -0.25) is 4.90 Å². The lowest BCUT2D eigenvalue weighted by molar-refractivity contribution is 0.191. The van der Waals surface area contributed by atoms with Gasteiger partial charge in [0.1, 0.15) is 0 Å². The van der Waals surface area contributed by atoms with Crippen LogP contribution >= 0.6 is 0 Å². The van der Waals surface area contributed by atoms with Gasteiger partial charge in [0.25, 0.3) is 0 Å². The van der Waals surface area contributed by atoms with Crippen molar-refractivity contribution < 1.29 is 4.42 Å². The van der Waals surface area contributed by atoms with Crippen molar-refractivity contribution in [3.05, 3.63) is 46.7 Å². The van der Waals surface area contributed by atoms with E-state index in [9.17, 15) is 0 Å². The van der Waals surface area contributed by atoms with Crippen molar-refractivity contribution >= 4 is 0 Å². The first-order valence-corrected chi connectivity index (χ1v) is 8.81. The fraction of sp³-hybridized carbons (Fsp3) is 0.579. The minimum Gasteiger partial charge on any atom is -0.425 e. The fourth-order valence-electron chi connectivity index (χ4n) is 3.46. The van der Waals surface area contributed by atoms with E-state index in [-0.39, 0.29) is 0 Å². The van der Waals surface area contributed by atoms with Gasteiger partial charge in [-0.2, -0.15) is 0 Å². The van der Waals surface area contributed by atoms with Crippen molar-refractivity contribution in [1.29, 1.82) is 0 Å². The monoisotopic (exact) mass is 311 g/mol. The van der Waals surface area contributed by atoms with E-state index in [1.807, 2.05) is 0 Å². The zero-order valence-electron chi connectivity index (χ0n) is 14.1. The molecule has 2 heterocycles. The van der Waals surface area contributed by atoms with Gasteiger partial charge in [-0.25, -0.2) is 0 Å². The molecule has 0 N–H and O–H groups in total. The van der Waals surface area contributed by atoms with E-state index in [2.05, 4.69) is 47.1 Å². The summed E-state index contributed by atoms with van der Waals surface area (Å²) in [5, 5.41) is 8.53. The Hall–Kier alpha value is -1.68. The predicted molar refractivity (Wildman–Crippen MR) is 89.4 cm³/mol. The van der Waals surface area contributed by atoms with Gasteiger partial charge in [-0.1, -0.05) is 23.8 Å². The number of benzene rings is 1. The van der Waals surface area contributed by atoms with Crippen LogP contribution in [0.1, 0.15) is 66.0 Å². The minimum atomic E-state index is 0.449. The average Bonchev–Trinajstić information content (AvgIpc) is 3.29. The van der Waals surface area contributed by atoms with E-state index < -0.39 is 0 Å². The van der Waals surface area contributed by atoms with Gasteiger partial charge >= 0.3 is 0 Å². The van der Waals surface area contributed by atoms with Crippen LogP contribution in [0.15, 0.2) is 22.6 Å². The van der Waals surface area contributed by atoms with Gasteiger partial charge in [0.2, 0.25) is 11.8 Å². The molecule has 1 saturated carbocycles. The highest BCUT2D eigenvalue weighted by Crippen LogP contribution is 2.40. The summed E-state index contributed by atoms with van der Waals surface area (Å²) >= 11 is 0. The summed E-state index contributed by atoms with van der Waals surface area (Å²) in [4.78, 5) is 2.55. The molecule has 0 unspecified atom stereocenters. The largest absolute Gasteiger partial charge is 0.425 e. The molecule has 1 saturated heterocycles. The third-order valence-corrected chi connectivity index (χ3v) is 5.22. The molecule has 0 spiro atoms. The number of hydrogen-bond acceptors (Lipinski definition) is 4. The second-order valence-electron chi connectivity index (χ2n) is 7.23. The van der Waals surface area contributed by atoms with Crippen LogP contribution in [0, 0.1) is 13.8 Å². The molecule has 0 bridgehead atoms. The van der Waals surface area contributed by atoms with Crippen molar-refractivity contribution in [3.8, 4) is 0 Å². The average molecular weight is 311 g/mol. The zero-order chi connectivity index (χ0) is 15.8. The first-order valence-electron chi connectivity index (χ1n) is 8.81. The highest BCUT2D eigenvalue weighted by molar-refractivity contribution is 5.30. The number of piperidine rings is 1. The van der Waals surface area contributed by atoms with Crippen LogP contribution in [0.5, 0.6) is 0 Å². The van der Waals surface area contributed by atoms with Crippen molar-refractivity contribution in [2.24, 2.45) is 0 Å². The highest BCUT2D eigenvalue weighted by Gasteiger charge is 2.31. The molecule has 1 aromatic heterocycles. The minimum absolute atomic E-state index is 0.449. The van der Waals surface area contributed by atoms with Crippen LogP contribution in [0.2, 0.25) is 0 Å². The highest BCUT2D eigenvalue weighted by atomic mass is 16.4. The van der Waals surface area contributed by atoms with Gasteiger partial charge in [0, 0.05) is 18.4 Å². The second kappa shape index (κ2) is 6.08. The van der Waals surface area contributed by atoms with Crippen molar-refractivity contribution in [2.75, 3.05) is 13.1 Å². The Labute approximate surface area is 137 Å². The lowest BCUT2D eigenvalue weighted by Crippen LogP contribution is -2.32. The molecule has 1 aromatic carbocycles. The van der Waals surface area contributed by atoms with E-state index >= 15 is 0 Å². The lowest BCUT2D eigenvalue weighted by atomic mass is 9.96. The van der Waals surface area contributed by atoms with E-state index in [1.165, 1.54) is 29.5 Å². The van der Waals surface area contributed by atoms with Gasteiger partial charge in [-0.15, -0.1) is 10.2 Å². The Morgan fingerprint density at radius 3 is 2.30 bits per heavy atom. The maximum Gasteiger partial charge on any atom is 0.219 e. The Balaban J connectivity index is 1.35. The molecule has 2 fully saturated rings. The summed E-state index contributed by atoms with van der Waals surface area (Å²) in [6, 6.07) is 6.74. The smallest absolute Gasteiger partial charge is 0.219 e. The quantitative estimate of drug-likeness (QED) is 0.857. The molecular formula is C19H25N3O. The number of aromatic nitrogens is 2. The Bertz CT molecular complexity index is 682. The van der Waals surface area contributed by atoms with Crippen LogP contribution in [0.4, 0.5) is 0 Å². The molecule has 4 rings (SSSR count). The van der Waals surface area contributed by atoms with Gasteiger partial charge in [-0.05, 0) is 63.7 Å². The number of nitrogens with zero attached hydrogens (tertiary/aromatic N) is 3. The summed E-state index contributed by atoms with van der Waals surface area (Å²) < 4.78 is 5.89. The van der Waals surface area contributed by atoms with E-state index in [1.54, 1.807) is 0 Å². The number of aryl methyl sites for hydroxylation is 2. The molecule has 1 aliphatic heterocycles. The lowest BCUT2D eigenvalue weighted by Gasteiger charge is -2.30. The number of likely N-dealkylation sites (tertiary alicyclic amines) is 1. The van der Waals surface area contributed by atoms with Crippen molar-refractivity contribution in [2.45, 2.75) is 57.9 Å². The number of rotatable bonds is 4. The third kappa shape index (κ3) is 3.32. The Morgan fingerprint density at radius 1 is 1.00 bits per heavy atom. The molecule has 122 valence electrons.